The number of para-hydroxylation sites is 2. The Morgan fingerprint density at radius 1 is 0.800 bits per heavy atom. The molecule has 0 aliphatic carbocycles. The summed E-state index contributed by atoms with van der Waals surface area (Å²) in [5.41, 5.74) is 0.710. The van der Waals surface area contributed by atoms with Gasteiger partial charge in [0.15, 0.2) is 23.1 Å². The Kier molecular flexibility index (Phi) is 7.17. The van der Waals surface area contributed by atoms with Crippen molar-refractivity contribution in [3.8, 4) is 34.8 Å². The number of aromatic nitrogens is 4. The molecule has 178 valence electrons. The van der Waals surface area contributed by atoms with Gasteiger partial charge in [0.25, 0.3) is 15.9 Å². The maximum Gasteiger partial charge on any atom is 0.263 e. The molecule has 0 bridgehead atoms. The number of rotatable bonds is 9. The van der Waals surface area contributed by atoms with Crippen molar-refractivity contribution in [2.24, 2.45) is 0 Å². The molecule has 0 atom stereocenters. The van der Waals surface area contributed by atoms with Gasteiger partial charge < -0.3 is 14.2 Å². The molecule has 0 aliphatic heterocycles. The predicted octanol–water partition coefficient (Wildman–Crippen LogP) is 4.16. The molecule has 10 nitrogen and oxygen atoms in total. The van der Waals surface area contributed by atoms with Gasteiger partial charge in [0.05, 0.1) is 19.6 Å². The first-order valence-electron chi connectivity index (χ1n) is 10.3. The summed E-state index contributed by atoms with van der Waals surface area (Å²) in [5, 5.41) is 1.03. The highest BCUT2D eigenvalue weighted by atomic mass is 32.2. The van der Waals surface area contributed by atoms with Crippen LogP contribution in [0.5, 0.6) is 23.1 Å². The van der Waals surface area contributed by atoms with E-state index in [-0.39, 0.29) is 29.1 Å². The van der Waals surface area contributed by atoms with E-state index in [1.165, 1.54) is 32.7 Å². The van der Waals surface area contributed by atoms with Crippen LogP contribution in [0.2, 0.25) is 0 Å². The minimum absolute atomic E-state index is 0.0295. The average Bonchev–Trinajstić information content (AvgIpc) is 2.89. The minimum atomic E-state index is -4.02. The van der Waals surface area contributed by atoms with Crippen molar-refractivity contribution in [3.63, 3.8) is 0 Å². The highest BCUT2D eigenvalue weighted by molar-refractivity contribution is 7.95. The molecular weight excluding hydrogens is 470 g/mol. The van der Waals surface area contributed by atoms with Gasteiger partial charge in [0.1, 0.15) is 0 Å². The van der Waals surface area contributed by atoms with E-state index in [0.29, 0.717) is 17.1 Å². The lowest BCUT2D eigenvalue weighted by molar-refractivity contribution is 0.348. The van der Waals surface area contributed by atoms with Crippen LogP contribution in [0.3, 0.4) is 0 Å². The first kappa shape index (κ1) is 23.6. The number of hydrogen-bond acceptors (Lipinski definition) is 9. The largest absolute Gasteiger partial charge is 0.493 e. The monoisotopic (exact) mass is 491 g/mol. The zero-order valence-corrected chi connectivity index (χ0v) is 19.6. The van der Waals surface area contributed by atoms with Crippen LogP contribution in [0.1, 0.15) is 5.56 Å². The summed E-state index contributed by atoms with van der Waals surface area (Å²) in [6.45, 7) is 0. The molecule has 0 radical (unpaired) electrons. The maximum absolute atomic E-state index is 12.9. The number of methoxy groups -OCH3 is 2. The van der Waals surface area contributed by atoms with Crippen LogP contribution in [0.15, 0.2) is 78.5 Å². The summed E-state index contributed by atoms with van der Waals surface area (Å²) in [7, 11) is -1.15. The van der Waals surface area contributed by atoms with Gasteiger partial charge in [-0.2, -0.15) is 4.98 Å². The van der Waals surface area contributed by atoms with Gasteiger partial charge in [-0.3, -0.25) is 4.72 Å². The first-order valence-corrected chi connectivity index (χ1v) is 11.8. The molecule has 2 heterocycles. The Morgan fingerprint density at radius 2 is 1.49 bits per heavy atom. The fourth-order valence-corrected chi connectivity index (χ4v) is 3.77. The molecule has 2 aromatic heterocycles. The number of sulfonamides is 1. The van der Waals surface area contributed by atoms with Gasteiger partial charge in [0.2, 0.25) is 11.6 Å². The third-order valence-electron chi connectivity index (χ3n) is 4.55. The summed E-state index contributed by atoms with van der Waals surface area (Å²) in [5.74, 6) is 0.688. The van der Waals surface area contributed by atoms with Crippen LogP contribution < -0.4 is 18.9 Å². The standard InChI is InChI=1S/C24H21N5O5S/c1-32-18-11-6-7-12-19(18)34-20-21(29-35(30,31)16-13-17-9-4-3-5-10-17)27-23(28-24(20)33-2)22-25-14-8-15-26-22/h3-16H,1-2H3,(H,27,28,29). The Bertz CT molecular complexity index is 1430. The van der Waals surface area contributed by atoms with E-state index in [1.54, 1.807) is 54.6 Å². The molecule has 11 heteroatoms. The zero-order chi connectivity index (χ0) is 24.7. The number of ether oxygens (including phenoxy) is 3. The smallest absolute Gasteiger partial charge is 0.263 e. The van der Waals surface area contributed by atoms with E-state index in [2.05, 4.69) is 24.7 Å². The van der Waals surface area contributed by atoms with E-state index in [1.807, 2.05) is 6.07 Å². The maximum atomic E-state index is 12.9. The molecule has 0 fully saturated rings. The summed E-state index contributed by atoms with van der Waals surface area (Å²) < 4.78 is 45.0. The number of nitrogens with one attached hydrogen (secondary N) is 1. The fourth-order valence-electron chi connectivity index (χ4n) is 2.96. The summed E-state index contributed by atoms with van der Waals surface area (Å²) in [6, 6.07) is 17.5. The van der Waals surface area contributed by atoms with Crippen LogP contribution in [0, 0.1) is 0 Å². The van der Waals surface area contributed by atoms with E-state index < -0.39 is 10.0 Å². The quantitative estimate of drug-likeness (QED) is 0.367. The Morgan fingerprint density at radius 3 is 2.17 bits per heavy atom. The normalized spacial score (nSPS) is 11.3. The van der Waals surface area contributed by atoms with Gasteiger partial charge >= 0.3 is 0 Å². The van der Waals surface area contributed by atoms with Crippen molar-refractivity contribution < 1.29 is 22.6 Å². The van der Waals surface area contributed by atoms with Crippen molar-refractivity contribution in [2.75, 3.05) is 18.9 Å². The predicted molar refractivity (Wildman–Crippen MR) is 131 cm³/mol. The molecule has 0 unspecified atom stereocenters. The Labute approximate surface area is 202 Å². The third kappa shape index (κ3) is 5.89. The number of hydrogen-bond donors (Lipinski definition) is 1. The molecular formula is C24H21N5O5S. The molecule has 1 N–H and O–H groups in total. The van der Waals surface area contributed by atoms with Gasteiger partial charge in [0, 0.05) is 12.4 Å². The van der Waals surface area contributed by atoms with Crippen LogP contribution in [0.25, 0.3) is 17.7 Å². The van der Waals surface area contributed by atoms with Crippen molar-refractivity contribution in [3.05, 3.63) is 84.0 Å². The number of anilines is 1. The third-order valence-corrected chi connectivity index (χ3v) is 5.53. The molecule has 4 aromatic rings. The van der Waals surface area contributed by atoms with Crippen LogP contribution in [-0.4, -0.2) is 42.6 Å². The molecule has 0 saturated heterocycles. The lowest BCUT2D eigenvalue weighted by Gasteiger charge is -2.16. The topological polar surface area (TPSA) is 125 Å². The van der Waals surface area contributed by atoms with E-state index >= 15 is 0 Å². The lowest BCUT2D eigenvalue weighted by Crippen LogP contribution is -2.13. The summed E-state index contributed by atoms with van der Waals surface area (Å²) >= 11 is 0. The van der Waals surface area contributed by atoms with Crippen LogP contribution >= 0.6 is 0 Å². The molecule has 0 saturated carbocycles. The number of nitrogens with zero attached hydrogens (tertiary/aromatic N) is 4. The number of benzene rings is 2. The van der Waals surface area contributed by atoms with Crippen molar-refractivity contribution >= 4 is 21.9 Å². The molecule has 0 spiro atoms. The van der Waals surface area contributed by atoms with E-state index in [0.717, 1.165) is 5.41 Å². The SMILES string of the molecule is COc1ccccc1Oc1c(NS(=O)(=O)C=Cc2ccccc2)nc(-c2ncccn2)nc1OC. The minimum Gasteiger partial charge on any atom is -0.493 e. The molecule has 35 heavy (non-hydrogen) atoms. The molecule has 0 aliphatic rings. The average molecular weight is 492 g/mol. The molecule has 4 rings (SSSR count). The van der Waals surface area contributed by atoms with E-state index in [4.69, 9.17) is 14.2 Å². The summed E-state index contributed by atoms with van der Waals surface area (Å²) in [4.78, 5) is 16.9. The van der Waals surface area contributed by atoms with Crippen molar-refractivity contribution in [1.82, 2.24) is 19.9 Å². The fraction of sp³-hybridized carbons (Fsp3) is 0.0833. The van der Waals surface area contributed by atoms with Crippen molar-refractivity contribution in [1.29, 1.82) is 0 Å². The molecule has 2 aromatic carbocycles. The van der Waals surface area contributed by atoms with Gasteiger partial charge in [-0.05, 0) is 29.8 Å². The first-order chi connectivity index (χ1) is 17.0. The van der Waals surface area contributed by atoms with Gasteiger partial charge in [-0.15, -0.1) is 0 Å². The van der Waals surface area contributed by atoms with E-state index in [9.17, 15) is 8.42 Å². The summed E-state index contributed by atoms with van der Waals surface area (Å²) in [6.07, 6.45) is 4.50. The Balaban J connectivity index is 1.79. The lowest BCUT2D eigenvalue weighted by atomic mass is 10.2. The second kappa shape index (κ2) is 10.6. The molecule has 0 amide bonds. The Hall–Kier alpha value is -4.51. The van der Waals surface area contributed by atoms with Crippen LogP contribution in [-0.2, 0) is 10.0 Å². The van der Waals surface area contributed by atoms with Crippen LogP contribution in [0.4, 0.5) is 5.82 Å². The highest BCUT2D eigenvalue weighted by Gasteiger charge is 2.23. The van der Waals surface area contributed by atoms with Gasteiger partial charge in [-0.1, -0.05) is 42.5 Å². The second-order valence-corrected chi connectivity index (χ2v) is 8.49. The van der Waals surface area contributed by atoms with Gasteiger partial charge in [-0.25, -0.2) is 23.4 Å². The zero-order valence-electron chi connectivity index (χ0n) is 18.8. The highest BCUT2D eigenvalue weighted by Crippen LogP contribution is 2.40. The second-order valence-electron chi connectivity index (χ2n) is 6.92. The van der Waals surface area contributed by atoms with Crippen molar-refractivity contribution in [2.45, 2.75) is 0 Å².